The van der Waals surface area contributed by atoms with Gasteiger partial charge in [0.25, 0.3) is 0 Å². The van der Waals surface area contributed by atoms with Gasteiger partial charge in [-0.25, -0.2) is 14.4 Å². The Morgan fingerprint density at radius 2 is 1.39 bits per heavy atom. The number of nitrogens with zero attached hydrogens (tertiary/aromatic N) is 1. The lowest BCUT2D eigenvalue weighted by Gasteiger charge is -2.51. The molecule has 4 heterocycles. The second kappa shape index (κ2) is 18.3. The van der Waals surface area contributed by atoms with Crippen molar-refractivity contribution in [3.05, 3.63) is 71.8 Å². The van der Waals surface area contributed by atoms with Crippen molar-refractivity contribution in [1.29, 1.82) is 0 Å². The predicted octanol–water partition coefficient (Wildman–Crippen LogP) is 6.50. The summed E-state index contributed by atoms with van der Waals surface area (Å²) in [4.78, 5) is 40.6. The third kappa shape index (κ3) is 9.52. The van der Waals surface area contributed by atoms with Crippen LogP contribution >= 0.6 is 0 Å². The number of benzene rings is 2. The lowest BCUT2D eigenvalue weighted by atomic mass is 9.78. The fraction of sp³-hybridized carbons (Fsp3) is 0.651. The molecule has 0 spiro atoms. The number of hydrogen-bond acceptors (Lipinski definition) is 11. The van der Waals surface area contributed by atoms with Gasteiger partial charge in [0.2, 0.25) is 0 Å². The van der Waals surface area contributed by atoms with Crippen molar-refractivity contribution in [2.24, 2.45) is 23.7 Å². The number of nitrogens with one attached hydrogen (secondary N) is 2. The van der Waals surface area contributed by atoms with Crippen LogP contribution in [0.4, 0.5) is 14.4 Å². The zero-order valence-electron chi connectivity index (χ0n) is 33.8. The third-order valence-corrected chi connectivity index (χ3v) is 12.7. The van der Waals surface area contributed by atoms with Crippen molar-refractivity contribution >= 4 is 18.3 Å². The molecular formula is C43H59N3O11. The fourth-order valence-electron chi connectivity index (χ4n) is 9.00. The number of likely N-dealkylation sites (N-methyl/N-ethyl adjacent to an activating group) is 1. The first-order valence-corrected chi connectivity index (χ1v) is 20.6. The van der Waals surface area contributed by atoms with Crippen LogP contribution in [0.3, 0.4) is 0 Å². The smallest absolute Gasteiger partial charge is 0.410 e. The summed E-state index contributed by atoms with van der Waals surface area (Å²) in [5.74, 6) is 0.759. The molecule has 0 aromatic heterocycles. The molecule has 2 aromatic carbocycles. The lowest BCUT2D eigenvalue weighted by molar-refractivity contribution is -0.368. The maximum atomic E-state index is 13.2. The monoisotopic (exact) mass is 793 g/mol. The number of carbonyl (C=O) groups excluding carboxylic acids is 3. The van der Waals surface area contributed by atoms with Crippen molar-refractivity contribution in [3.63, 3.8) is 0 Å². The van der Waals surface area contributed by atoms with E-state index in [-0.39, 0.29) is 37.2 Å². The van der Waals surface area contributed by atoms with Crippen LogP contribution in [0.15, 0.2) is 60.7 Å². The number of ether oxygens (including phenoxy) is 8. The average Bonchev–Trinajstić information content (AvgIpc) is 3.52. The molecule has 5 aliphatic rings. The molecule has 0 radical (unpaired) electrons. The number of alkyl carbamates (subject to hydrolysis) is 2. The number of carbonyl (C=O) groups is 3. The van der Waals surface area contributed by atoms with Crippen molar-refractivity contribution in [2.45, 2.75) is 147 Å². The normalized spacial score (nSPS) is 37.6. The summed E-state index contributed by atoms with van der Waals surface area (Å²) in [7, 11) is 1.69. The summed E-state index contributed by atoms with van der Waals surface area (Å²) in [6.07, 6.45) is -2.75. The van der Waals surface area contributed by atoms with E-state index in [9.17, 15) is 14.4 Å². The first-order chi connectivity index (χ1) is 27.5. The standard InChI is InChI=1S/C43H59N3O11/c1-7-32-26(4)25(3)27(5)39(52-32)57-40-35-37(56-43(49)46(35)6)36-34(54-40)20-24(2)38(55-36)53-33-19-18-30(44-41(47)50-22-28-14-10-8-11-15-28)21-31(33)45-42(48)51-23-29-16-12-9-13-17-29/h8-17,24-27,30-40H,7,18-23H2,1-6H3,(H,44,47)(H,45,48)/t24?,25-,26+,27?,30+,31?,32?,33+,34+,35?,36?,37?,38+,39-,40?/m1/s1. The van der Waals surface area contributed by atoms with E-state index in [1.54, 1.807) is 7.05 Å². The summed E-state index contributed by atoms with van der Waals surface area (Å²) < 4.78 is 50.3. The highest BCUT2D eigenvalue weighted by Gasteiger charge is 2.60. The van der Waals surface area contributed by atoms with E-state index in [4.69, 9.17) is 37.9 Å². The van der Waals surface area contributed by atoms with Gasteiger partial charge in [0.15, 0.2) is 25.0 Å². The molecule has 0 bridgehead atoms. The lowest BCUT2D eigenvalue weighted by Crippen LogP contribution is -2.65. The van der Waals surface area contributed by atoms with Gasteiger partial charge in [-0.1, -0.05) is 95.3 Å². The number of amides is 3. The molecule has 5 fully saturated rings. The number of hydrogen-bond donors (Lipinski definition) is 2. The van der Waals surface area contributed by atoms with Crippen LogP contribution in [0, 0.1) is 23.7 Å². The van der Waals surface area contributed by atoms with Gasteiger partial charge in [-0.15, -0.1) is 0 Å². The minimum atomic E-state index is -0.774. The Morgan fingerprint density at radius 3 is 2.04 bits per heavy atom. The van der Waals surface area contributed by atoms with Crippen LogP contribution in [0.5, 0.6) is 0 Å². The van der Waals surface area contributed by atoms with Crippen LogP contribution in [0.1, 0.15) is 77.8 Å². The van der Waals surface area contributed by atoms with Gasteiger partial charge in [-0.2, -0.15) is 0 Å². The van der Waals surface area contributed by atoms with Crippen LogP contribution in [0.25, 0.3) is 0 Å². The summed E-state index contributed by atoms with van der Waals surface area (Å²) in [6.45, 7) is 11.0. The molecule has 1 saturated carbocycles. The highest BCUT2D eigenvalue weighted by Crippen LogP contribution is 2.44. The van der Waals surface area contributed by atoms with Crippen molar-refractivity contribution in [2.75, 3.05) is 7.05 Å². The molecule has 14 nitrogen and oxygen atoms in total. The van der Waals surface area contributed by atoms with Gasteiger partial charge in [0.1, 0.15) is 25.4 Å². The van der Waals surface area contributed by atoms with E-state index in [1.165, 1.54) is 4.90 Å². The van der Waals surface area contributed by atoms with E-state index >= 15 is 0 Å². The third-order valence-electron chi connectivity index (χ3n) is 12.7. The Balaban J connectivity index is 1.01. The van der Waals surface area contributed by atoms with Crippen LogP contribution in [-0.2, 0) is 51.1 Å². The Hall–Kier alpha value is -3.95. The molecule has 3 amide bonds. The van der Waals surface area contributed by atoms with Crippen molar-refractivity contribution in [1.82, 2.24) is 15.5 Å². The molecule has 7 rings (SSSR count). The molecule has 1 aliphatic carbocycles. The predicted molar refractivity (Wildman–Crippen MR) is 206 cm³/mol. The highest BCUT2D eigenvalue weighted by atomic mass is 16.8. The summed E-state index contributed by atoms with van der Waals surface area (Å²) in [5.41, 5.74) is 1.74. The van der Waals surface area contributed by atoms with Crippen LogP contribution in [-0.4, -0.2) is 97.7 Å². The molecule has 2 aromatic rings. The number of rotatable bonds is 11. The number of fused-ring (bicyclic) bond motifs is 3. The molecule has 4 aliphatic heterocycles. The van der Waals surface area contributed by atoms with E-state index in [0.29, 0.717) is 37.5 Å². The fourth-order valence-corrected chi connectivity index (χ4v) is 9.00. The first-order valence-electron chi connectivity index (χ1n) is 20.6. The van der Waals surface area contributed by atoms with Gasteiger partial charge in [-0.05, 0) is 55.1 Å². The molecule has 8 unspecified atom stereocenters. The molecule has 15 atom stereocenters. The summed E-state index contributed by atoms with van der Waals surface area (Å²) >= 11 is 0. The van der Waals surface area contributed by atoms with E-state index in [2.05, 4.69) is 38.3 Å². The van der Waals surface area contributed by atoms with Crippen molar-refractivity contribution in [3.8, 4) is 0 Å². The molecule has 312 valence electrons. The maximum Gasteiger partial charge on any atom is 0.410 e. The second-order valence-electron chi connectivity index (χ2n) is 16.5. The quantitative estimate of drug-likeness (QED) is 0.240. The van der Waals surface area contributed by atoms with Gasteiger partial charge in [0, 0.05) is 24.9 Å². The molecule has 57 heavy (non-hydrogen) atoms. The zero-order chi connectivity index (χ0) is 40.2. The first kappa shape index (κ1) is 41.2. The highest BCUT2D eigenvalue weighted by molar-refractivity contribution is 5.71. The van der Waals surface area contributed by atoms with E-state index in [0.717, 1.165) is 17.5 Å². The SMILES string of the molecule is CCC1O[C@H](OC2O[C@H]3CC(C)[C@@H](O[C@H]4CC[C@H](NC(=O)OCc5ccccc5)CC4NC(=O)OCc4ccccc4)OC3C3OC(=O)N(C)C23)C(C)[C@H](C)[C@@H]1C. The summed E-state index contributed by atoms with van der Waals surface area (Å²) in [6, 6.07) is 17.5. The van der Waals surface area contributed by atoms with Gasteiger partial charge < -0.3 is 48.5 Å². The zero-order valence-corrected chi connectivity index (χ0v) is 33.8. The molecule has 14 heteroatoms. The second-order valence-corrected chi connectivity index (χ2v) is 16.5. The van der Waals surface area contributed by atoms with Crippen molar-refractivity contribution < 1.29 is 52.3 Å². The summed E-state index contributed by atoms with van der Waals surface area (Å²) in [5, 5.41) is 5.98. The van der Waals surface area contributed by atoms with Gasteiger partial charge >= 0.3 is 18.3 Å². The maximum absolute atomic E-state index is 13.2. The Kier molecular flexibility index (Phi) is 13.2. The minimum absolute atomic E-state index is 0.0619. The molecular weight excluding hydrogens is 734 g/mol. The van der Waals surface area contributed by atoms with Crippen LogP contribution in [0.2, 0.25) is 0 Å². The van der Waals surface area contributed by atoms with E-state index in [1.807, 2.05) is 67.6 Å². The Morgan fingerprint density at radius 1 is 0.737 bits per heavy atom. The van der Waals surface area contributed by atoms with Gasteiger partial charge in [-0.3, -0.25) is 4.90 Å². The average molecular weight is 794 g/mol. The topological polar surface area (TPSA) is 152 Å². The van der Waals surface area contributed by atoms with E-state index < -0.39 is 73.6 Å². The Bertz CT molecular complexity index is 1650. The Labute approximate surface area is 335 Å². The molecule has 2 N–H and O–H groups in total. The van der Waals surface area contributed by atoms with Crippen LogP contribution < -0.4 is 10.6 Å². The van der Waals surface area contributed by atoms with Gasteiger partial charge in [0.05, 0.1) is 24.4 Å². The minimum Gasteiger partial charge on any atom is -0.445 e. The largest absolute Gasteiger partial charge is 0.445 e. The molecule has 4 saturated heterocycles.